The van der Waals surface area contributed by atoms with Gasteiger partial charge in [-0.25, -0.2) is 0 Å². The average molecular weight is 414 g/mol. The lowest BCUT2D eigenvalue weighted by Crippen LogP contribution is -2.26. The number of aromatic nitrogens is 2. The quantitative estimate of drug-likeness (QED) is 0.423. The van der Waals surface area contributed by atoms with Crippen LogP contribution in [0.1, 0.15) is 32.8 Å². The first-order valence-electron chi connectivity index (χ1n) is 9.10. The van der Waals surface area contributed by atoms with Crippen LogP contribution in [0.15, 0.2) is 35.0 Å². The van der Waals surface area contributed by atoms with E-state index in [4.69, 9.17) is 10.5 Å². The lowest BCUT2D eigenvalue weighted by Gasteiger charge is -2.12. The summed E-state index contributed by atoms with van der Waals surface area (Å²) in [5.74, 6) is -0.231. The number of nitrogens with one attached hydrogen (secondary N) is 3. The molecule has 0 radical (unpaired) electrons. The minimum absolute atomic E-state index is 0.290. The van der Waals surface area contributed by atoms with E-state index >= 15 is 0 Å². The van der Waals surface area contributed by atoms with Gasteiger partial charge in [0, 0.05) is 28.7 Å². The first-order valence-corrected chi connectivity index (χ1v) is 10.0. The number of hydrogen-bond donors (Lipinski definition) is 4. The Hall–Kier alpha value is -3.17. The molecule has 3 rings (SSSR count). The van der Waals surface area contributed by atoms with Crippen molar-refractivity contribution in [3.8, 4) is 17.0 Å². The summed E-state index contributed by atoms with van der Waals surface area (Å²) in [5, 5.41) is 16.6. The van der Waals surface area contributed by atoms with Gasteiger partial charge in [0.1, 0.15) is 5.75 Å². The van der Waals surface area contributed by atoms with E-state index in [1.54, 1.807) is 29.5 Å². The van der Waals surface area contributed by atoms with Crippen molar-refractivity contribution in [3.63, 3.8) is 0 Å². The molecule has 2 aromatic heterocycles. The maximum atomic E-state index is 12.7. The van der Waals surface area contributed by atoms with Crippen molar-refractivity contribution in [3.05, 3.63) is 51.8 Å². The van der Waals surface area contributed by atoms with Gasteiger partial charge in [-0.3, -0.25) is 14.7 Å². The van der Waals surface area contributed by atoms with E-state index in [1.165, 1.54) is 7.11 Å². The Morgan fingerprint density at radius 1 is 1.28 bits per heavy atom. The van der Waals surface area contributed by atoms with Gasteiger partial charge < -0.3 is 21.1 Å². The number of methoxy groups -OCH3 is 1. The standard InChI is InChI=1S/C20H23N5O3S/c1-12-17(13-6-9-29-11-13)24-25-18(12)20(27)23-14-4-5-16(28-2)15(10-14)19(26)22-8-3-7-21/h4-6,9-11H,3,7-8,21H2,1-2H3,(H,22,26)(H,23,27)(H,24,25). The number of anilines is 1. The Balaban J connectivity index is 1.79. The highest BCUT2D eigenvalue weighted by Gasteiger charge is 2.19. The van der Waals surface area contributed by atoms with Gasteiger partial charge in [-0.15, -0.1) is 0 Å². The molecule has 8 nitrogen and oxygen atoms in total. The van der Waals surface area contributed by atoms with Crippen LogP contribution in [0.3, 0.4) is 0 Å². The first-order chi connectivity index (χ1) is 14.0. The Kier molecular flexibility index (Phi) is 6.63. The molecule has 0 atom stereocenters. The fourth-order valence-electron chi connectivity index (χ4n) is 2.86. The summed E-state index contributed by atoms with van der Waals surface area (Å²) < 4.78 is 5.27. The van der Waals surface area contributed by atoms with Crippen molar-refractivity contribution in [1.29, 1.82) is 0 Å². The maximum Gasteiger partial charge on any atom is 0.276 e. The molecule has 0 bridgehead atoms. The molecular formula is C20H23N5O3S. The number of benzene rings is 1. The van der Waals surface area contributed by atoms with Gasteiger partial charge in [-0.2, -0.15) is 16.4 Å². The summed E-state index contributed by atoms with van der Waals surface area (Å²) in [4.78, 5) is 25.2. The SMILES string of the molecule is COc1ccc(NC(=O)c2n[nH]c(-c3ccsc3)c2C)cc1C(=O)NCCCN. The number of thiophene rings is 1. The summed E-state index contributed by atoms with van der Waals surface area (Å²) in [6, 6.07) is 6.86. The second-order valence-electron chi connectivity index (χ2n) is 6.35. The molecule has 3 aromatic rings. The van der Waals surface area contributed by atoms with Crippen LogP contribution in [-0.2, 0) is 0 Å². The number of carbonyl (C=O) groups excluding carboxylic acids is 2. The van der Waals surface area contributed by atoms with Gasteiger partial charge in [-0.1, -0.05) is 0 Å². The number of rotatable bonds is 8. The van der Waals surface area contributed by atoms with Gasteiger partial charge in [0.25, 0.3) is 11.8 Å². The minimum atomic E-state index is -0.361. The Labute approximate surface area is 172 Å². The number of hydrogen-bond acceptors (Lipinski definition) is 6. The third kappa shape index (κ3) is 4.64. The lowest BCUT2D eigenvalue weighted by molar-refractivity contribution is 0.0949. The van der Waals surface area contributed by atoms with Crippen LogP contribution in [0.25, 0.3) is 11.3 Å². The van der Waals surface area contributed by atoms with Gasteiger partial charge in [0.2, 0.25) is 0 Å². The summed E-state index contributed by atoms with van der Waals surface area (Å²) in [6.07, 6.45) is 0.676. The van der Waals surface area contributed by atoms with Crippen LogP contribution in [-0.4, -0.2) is 42.2 Å². The van der Waals surface area contributed by atoms with E-state index in [0.29, 0.717) is 42.2 Å². The number of amides is 2. The monoisotopic (exact) mass is 413 g/mol. The molecule has 0 spiro atoms. The predicted molar refractivity (Wildman–Crippen MR) is 114 cm³/mol. The van der Waals surface area contributed by atoms with E-state index < -0.39 is 0 Å². The molecule has 5 N–H and O–H groups in total. The molecular weight excluding hydrogens is 390 g/mol. The van der Waals surface area contributed by atoms with Crippen LogP contribution in [0.5, 0.6) is 5.75 Å². The van der Waals surface area contributed by atoms with Crippen LogP contribution >= 0.6 is 11.3 Å². The molecule has 0 saturated heterocycles. The van der Waals surface area contributed by atoms with Crippen LogP contribution in [0.4, 0.5) is 5.69 Å². The Bertz CT molecular complexity index is 998. The number of nitrogens with two attached hydrogens (primary N) is 1. The van der Waals surface area contributed by atoms with Crippen molar-refractivity contribution in [1.82, 2.24) is 15.5 Å². The van der Waals surface area contributed by atoms with E-state index in [0.717, 1.165) is 16.8 Å². The highest BCUT2D eigenvalue weighted by Crippen LogP contribution is 2.26. The van der Waals surface area contributed by atoms with Crippen LogP contribution < -0.4 is 21.1 Å². The molecule has 0 aliphatic carbocycles. The largest absolute Gasteiger partial charge is 0.496 e. The van der Waals surface area contributed by atoms with Gasteiger partial charge >= 0.3 is 0 Å². The minimum Gasteiger partial charge on any atom is -0.496 e. The predicted octanol–water partition coefficient (Wildman–Crippen LogP) is 2.79. The third-order valence-corrected chi connectivity index (χ3v) is 5.09. The van der Waals surface area contributed by atoms with Crippen molar-refractivity contribution >= 4 is 28.8 Å². The van der Waals surface area contributed by atoms with E-state index in [2.05, 4.69) is 20.8 Å². The second kappa shape index (κ2) is 9.35. The molecule has 2 amide bonds. The highest BCUT2D eigenvalue weighted by atomic mass is 32.1. The molecule has 2 heterocycles. The first kappa shape index (κ1) is 20.6. The maximum absolute atomic E-state index is 12.7. The van der Waals surface area contributed by atoms with Gasteiger partial charge in [0.05, 0.1) is 18.4 Å². The molecule has 0 fully saturated rings. The molecule has 0 aliphatic heterocycles. The second-order valence-corrected chi connectivity index (χ2v) is 7.13. The normalized spacial score (nSPS) is 10.6. The zero-order valence-electron chi connectivity index (χ0n) is 16.2. The van der Waals surface area contributed by atoms with Gasteiger partial charge in [0.15, 0.2) is 5.69 Å². The topological polar surface area (TPSA) is 122 Å². The van der Waals surface area contributed by atoms with Gasteiger partial charge in [-0.05, 0) is 49.5 Å². The Morgan fingerprint density at radius 3 is 2.79 bits per heavy atom. The van der Waals surface area contributed by atoms with Crippen molar-refractivity contribution < 1.29 is 14.3 Å². The Morgan fingerprint density at radius 2 is 2.10 bits per heavy atom. The molecule has 0 aliphatic rings. The summed E-state index contributed by atoms with van der Waals surface area (Å²) in [5.41, 5.74) is 9.12. The van der Waals surface area contributed by atoms with Crippen LogP contribution in [0, 0.1) is 6.92 Å². The fourth-order valence-corrected chi connectivity index (χ4v) is 3.51. The molecule has 0 saturated carbocycles. The summed E-state index contributed by atoms with van der Waals surface area (Å²) >= 11 is 1.57. The van der Waals surface area contributed by atoms with Crippen LogP contribution in [0.2, 0.25) is 0 Å². The van der Waals surface area contributed by atoms with Crippen molar-refractivity contribution in [2.75, 3.05) is 25.5 Å². The third-order valence-electron chi connectivity index (χ3n) is 4.40. The number of nitrogens with zero attached hydrogens (tertiary/aromatic N) is 1. The molecule has 152 valence electrons. The zero-order chi connectivity index (χ0) is 20.8. The van der Waals surface area contributed by atoms with E-state index in [1.807, 2.05) is 23.8 Å². The smallest absolute Gasteiger partial charge is 0.276 e. The summed E-state index contributed by atoms with van der Waals surface area (Å²) in [6.45, 7) is 2.80. The molecule has 9 heteroatoms. The zero-order valence-corrected chi connectivity index (χ0v) is 17.1. The van der Waals surface area contributed by atoms with E-state index in [-0.39, 0.29) is 11.8 Å². The summed E-state index contributed by atoms with van der Waals surface area (Å²) in [7, 11) is 1.49. The highest BCUT2D eigenvalue weighted by molar-refractivity contribution is 7.08. The van der Waals surface area contributed by atoms with Crippen molar-refractivity contribution in [2.24, 2.45) is 5.73 Å². The number of carbonyl (C=O) groups is 2. The molecule has 0 unspecified atom stereocenters. The number of H-pyrrole nitrogens is 1. The molecule has 1 aromatic carbocycles. The lowest BCUT2D eigenvalue weighted by atomic mass is 10.1. The number of ether oxygens (including phenoxy) is 1. The number of aromatic amines is 1. The molecule has 29 heavy (non-hydrogen) atoms. The average Bonchev–Trinajstić information content (AvgIpc) is 3.37. The van der Waals surface area contributed by atoms with Crippen molar-refractivity contribution in [2.45, 2.75) is 13.3 Å². The fraction of sp³-hybridized carbons (Fsp3) is 0.250. The van der Waals surface area contributed by atoms with E-state index in [9.17, 15) is 9.59 Å².